The lowest BCUT2D eigenvalue weighted by molar-refractivity contribution is -0.130. The van der Waals surface area contributed by atoms with E-state index in [1.54, 1.807) is 4.90 Å². The fraction of sp³-hybridized carbons (Fsp3) is 0.455. The van der Waals surface area contributed by atoms with E-state index in [9.17, 15) is 9.59 Å². The molecule has 0 unspecified atom stereocenters. The number of likely N-dealkylation sites (tertiary alicyclic amines) is 1. The van der Waals surface area contributed by atoms with E-state index in [1.807, 2.05) is 0 Å². The Kier molecular flexibility index (Phi) is 3.74. The molecule has 0 atom stereocenters. The first-order chi connectivity index (χ1) is 8.08. The van der Waals surface area contributed by atoms with Crippen LogP contribution in [0, 0.1) is 0 Å². The summed E-state index contributed by atoms with van der Waals surface area (Å²) in [4.78, 5) is 25.3. The zero-order valence-electron chi connectivity index (χ0n) is 9.16. The maximum atomic E-state index is 11.9. The number of hydrogen-bond acceptors (Lipinski definition) is 2. The lowest BCUT2D eigenvalue weighted by atomic mass is 10.4. The number of hydrogen-bond donors (Lipinski definition) is 0. The number of rotatable bonds is 2. The lowest BCUT2D eigenvalue weighted by Gasteiger charge is -2.16. The van der Waals surface area contributed by atoms with E-state index in [4.69, 9.17) is 23.2 Å². The molecule has 1 amide bonds. The van der Waals surface area contributed by atoms with E-state index >= 15 is 0 Å². The molecular weight excluding hydrogens is 263 g/mol. The molecule has 0 spiro atoms. The van der Waals surface area contributed by atoms with E-state index in [0.29, 0.717) is 5.02 Å². The van der Waals surface area contributed by atoms with Crippen molar-refractivity contribution in [3.8, 4) is 0 Å². The molecule has 4 nitrogen and oxygen atoms in total. The van der Waals surface area contributed by atoms with Crippen molar-refractivity contribution in [2.45, 2.75) is 19.4 Å². The molecule has 0 saturated carbocycles. The van der Waals surface area contributed by atoms with Gasteiger partial charge in [-0.2, -0.15) is 0 Å². The van der Waals surface area contributed by atoms with Gasteiger partial charge in [-0.15, -0.1) is 0 Å². The summed E-state index contributed by atoms with van der Waals surface area (Å²) in [7, 11) is 0. The third-order valence-electron chi connectivity index (χ3n) is 2.77. The van der Waals surface area contributed by atoms with Gasteiger partial charge in [0.25, 0.3) is 5.56 Å². The van der Waals surface area contributed by atoms with Crippen LogP contribution in [-0.2, 0) is 11.3 Å². The highest BCUT2D eigenvalue weighted by molar-refractivity contribution is 6.34. The fourth-order valence-corrected chi connectivity index (χ4v) is 2.40. The number of nitrogens with zero attached hydrogens (tertiary/aromatic N) is 2. The summed E-state index contributed by atoms with van der Waals surface area (Å²) in [5.74, 6) is -0.0667. The first-order valence-electron chi connectivity index (χ1n) is 5.41. The van der Waals surface area contributed by atoms with Crippen molar-refractivity contribution in [1.29, 1.82) is 0 Å². The number of amides is 1. The Labute approximate surface area is 109 Å². The maximum Gasteiger partial charge on any atom is 0.269 e. The van der Waals surface area contributed by atoms with Crippen LogP contribution in [0.25, 0.3) is 0 Å². The van der Waals surface area contributed by atoms with Gasteiger partial charge in [-0.3, -0.25) is 9.59 Å². The molecule has 1 saturated heterocycles. The van der Waals surface area contributed by atoms with Gasteiger partial charge in [0.2, 0.25) is 5.91 Å². The average molecular weight is 275 g/mol. The molecule has 1 aliphatic rings. The van der Waals surface area contributed by atoms with Crippen LogP contribution in [0.1, 0.15) is 12.8 Å². The molecule has 6 heteroatoms. The second kappa shape index (κ2) is 5.10. The van der Waals surface area contributed by atoms with E-state index in [-0.39, 0.29) is 23.0 Å². The maximum absolute atomic E-state index is 11.9. The quantitative estimate of drug-likeness (QED) is 0.825. The number of carbonyl (C=O) groups is 1. The molecule has 1 aliphatic heterocycles. The highest BCUT2D eigenvalue weighted by Gasteiger charge is 2.18. The predicted molar refractivity (Wildman–Crippen MR) is 66.5 cm³/mol. The number of halogens is 2. The molecule has 0 N–H and O–H groups in total. The van der Waals surface area contributed by atoms with Crippen molar-refractivity contribution in [3.63, 3.8) is 0 Å². The first kappa shape index (κ1) is 12.5. The molecule has 2 heterocycles. The van der Waals surface area contributed by atoms with E-state index in [2.05, 4.69) is 0 Å². The minimum atomic E-state index is -0.386. The summed E-state index contributed by atoms with van der Waals surface area (Å²) >= 11 is 11.5. The topological polar surface area (TPSA) is 42.3 Å². The summed E-state index contributed by atoms with van der Waals surface area (Å²) in [6.45, 7) is 1.53. The highest BCUT2D eigenvalue weighted by atomic mass is 35.5. The Morgan fingerprint density at radius 1 is 1.29 bits per heavy atom. The minimum absolute atomic E-state index is 0.000880. The molecule has 0 radical (unpaired) electrons. The zero-order valence-corrected chi connectivity index (χ0v) is 10.7. The van der Waals surface area contributed by atoms with Crippen molar-refractivity contribution in [2.24, 2.45) is 0 Å². The molecule has 92 valence electrons. The summed E-state index contributed by atoms with van der Waals surface area (Å²) in [5.41, 5.74) is -0.386. The third kappa shape index (κ3) is 2.82. The summed E-state index contributed by atoms with van der Waals surface area (Å²) in [5, 5.41) is 0.385. The Bertz CT molecular complexity index is 493. The first-order valence-corrected chi connectivity index (χ1v) is 6.17. The van der Waals surface area contributed by atoms with E-state index in [1.165, 1.54) is 16.8 Å². The molecule has 1 aromatic rings. The second-order valence-electron chi connectivity index (χ2n) is 4.03. The minimum Gasteiger partial charge on any atom is -0.341 e. The van der Waals surface area contributed by atoms with Crippen molar-refractivity contribution in [1.82, 2.24) is 9.47 Å². The molecule has 1 aromatic heterocycles. The summed E-state index contributed by atoms with van der Waals surface area (Å²) in [6.07, 6.45) is 3.48. The lowest BCUT2D eigenvalue weighted by Crippen LogP contribution is -2.34. The van der Waals surface area contributed by atoms with Crippen molar-refractivity contribution in [2.75, 3.05) is 13.1 Å². The van der Waals surface area contributed by atoms with Gasteiger partial charge in [0, 0.05) is 19.3 Å². The second-order valence-corrected chi connectivity index (χ2v) is 4.87. The Morgan fingerprint density at radius 3 is 2.59 bits per heavy atom. The van der Waals surface area contributed by atoms with Crippen LogP contribution in [0.15, 0.2) is 17.1 Å². The zero-order chi connectivity index (χ0) is 12.4. The van der Waals surface area contributed by atoms with Gasteiger partial charge in [-0.05, 0) is 18.9 Å². The van der Waals surface area contributed by atoms with Crippen LogP contribution in [-0.4, -0.2) is 28.5 Å². The molecule has 1 fully saturated rings. The van der Waals surface area contributed by atoms with Crippen molar-refractivity contribution < 1.29 is 4.79 Å². The standard InChI is InChI=1S/C11H12Cl2N2O2/c12-8-5-9(13)11(17)15(6-8)7-10(16)14-3-1-2-4-14/h5-6H,1-4,7H2. The largest absolute Gasteiger partial charge is 0.341 e. The molecule has 17 heavy (non-hydrogen) atoms. The molecule has 0 bridgehead atoms. The van der Waals surface area contributed by atoms with Gasteiger partial charge in [0.05, 0.1) is 5.02 Å². The van der Waals surface area contributed by atoms with Crippen LogP contribution in [0.2, 0.25) is 10.0 Å². The van der Waals surface area contributed by atoms with Gasteiger partial charge in [0.15, 0.2) is 0 Å². The number of aromatic nitrogens is 1. The van der Waals surface area contributed by atoms with E-state index in [0.717, 1.165) is 25.9 Å². The Hall–Kier alpha value is -1.00. The van der Waals surface area contributed by atoms with Crippen molar-refractivity contribution >= 4 is 29.1 Å². The summed E-state index contributed by atoms with van der Waals surface area (Å²) < 4.78 is 1.26. The van der Waals surface area contributed by atoms with Gasteiger partial charge in [0.1, 0.15) is 11.6 Å². The number of pyridine rings is 1. The van der Waals surface area contributed by atoms with Crippen LogP contribution in [0.5, 0.6) is 0 Å². The molecular formula is C11H12Cl2N2O2. The number of carbonyl (C=O) groups excluding carboxylic acids is 1. The SMILES string of the molecule is O=C(Cn1cc(Cl)cc(Cl)c1=O)N1CCCC1. The van der Waals surface area contributed by atoms with Crippen LogP contribution in [0.4, 0.5) is 0 Å². The highest BCUT2D eigenvalue weighted by Crippen LogP contribution is 2.12. The van der Waals surface area contributed by atoms with Crippen LogP contribution >= 0.6 is 23.2 Å². The normalized spacial score (nSPS) is 15.3. The smallest absolute Gasteiger partial charge is 0.269 e. The molecule has 2 rings (SSSR count). The van der Waals surface area contributed by atoms with Crippen LogP contribution < -0.4 is 5.56 Å². The van der Waals surface area contributed by atoms with Gasteiger partial charge < -0.3 is 9.47 Å². The van der Waals surface area contributed by atoms with Gasteiger partial charge >= 0.3 is 0 Å². The third-order valence-corrected chi connectivity index (χ3v) is 3.25. The Balaban J connectivity index is 2.18. The Morgan fingerprint density at radius 2 is 1.94 bits per heavy atom. The summed E-state index contributed by atoms with van der Waals surface area (Å²) in [6, 6.07) is 1.38. The van der Waals surface area contributed by atoms with Crippen LogP contribution in [0.3, 0.4) is 0 Å². The molecule has 0 aliphatic carbocycles. The monoisotopic (exact) mass is 274 g/mol. The fourth-order valence-electron chi connectivity index (χ4n) is 1.89. The van der Waals surface area contributed by atoms with Crippen molar-refractivity contribution in [3.05, 3.63) is 32.7 Å². The van der Waals surface area contributed by atoms with E-state index < -0.39 is 0 Å². The predicted octanol–water partition coefficient (Wildman–Crippen LogP) is 1.78. The van der Waals surface area contributed by atoms with Gasteiger partial charge in [-0.1, -0.05) is 23.2 Å². The van der Waals surface area contributed by atoms with Gasteiger partial charge in [-0.25, -0.2) is 0 Å². The average Bonchev–Trinajstić information content (AvgIpc) is 2.78. The molecule has 0 aromatic carbocycles.